The van der Waals surface area contributed by atoms with Gasteiger partial charge in [-0.2, -0.15) is 13.2 Å². The van der Waals surface area contributed by atoms with E-state index in [2.05, 4.69) is 15.4 Å². The molecule has 0 saturated carbocycles. The second-order valence-electron chi connectivity index (χ2n) is 9.61. The number of carbonyl (C=O) groups is 1. The predicted octanol–water partition coefficient (Wildman–Crippen LogP) is 4.21. The van der Waals surface area contributed by atoms with Gasteiger partial charge in [-0.25, -0.2) is 0 Å². The Bertz CT molecular complexity index is 1150. The monoisotopic (exact) mass is 579 g/mol. The highest BCUT2D eigenvalue weighted by atomic mass is 32.1. The van der Waals surface area contributed by atoms with E-state index in [1.54, 1.807) is 12.1 Å². The van der Waals surface area contributed by atoms with E-state index in [9.17, 15) is 18.0 Å². The van der Waals surface area contributed by atoms with Crippen LogP contribution in [-0.4, -0.2) is 74.2 Å². The summed E-state index contributed by atoms with van der Waals surface area (Å²) in [6, 6.07) is 11.9. The van der Waals surface area contributed by atoms with Gasteiger partial charge in [0.25, 0.3) is 5.91 Å². The van der Waals surface area contributed by atoms with Crippen molar-refractivity contribution >= 4 is 28.9 Å². The normalized spacial score (nSPS) is 17.3. The van der Waals surface area contributed by atoms with Crippen molar-refractivity contribution in [1.82, 2.24) is 10.2 Å². The van der Waals surface area contributed by atoms with Crippen molar-refractivity contribution in [2.24, 2.45) is 11.1 Å². The van der Waals surface area contributed by atoms with E-state index in [1.807, 2.05) is 12.1 Å². The molecule has 2 aromatic rings. The van der Waals surface area contributed by atoms with Gasteiger partial charge < -0.3 is 24.4 Å². The highest BCUT2D eigenvalue weighted by molar-refractivity contribution is 7.80. The largest absolute Gasteiger partial charge is 0.484 e. The van der Waals surface area contributed by atoms with E-state index in [0.29, 0.717) is 60.8 Å². The van der Waals surface area contributed by atoms with Crippen LogP contribution in [-0.2, 0) is 31.9 Å². The van der Waals surface area contributed by atoms with Crippen LogP contribution in [0, 0.1) is 5.92 Å². The molecule has 8 nitrogen and oxygen atoms in total. The smallest absolute Gasteiger partial charge is 0.416 e. The van der Waals surface area contributed by atoms with E-state index in [-0.39, 0.29) is 19.1 Å². The zero-order valence-electron chi connectivity index (χ0n) is 22.0. The van der Waals surface area contributed by atoms with Gasteiger partial charge in [-0.1, -0.05) is 17.3 Å². The average molecular weight is 580 g/mol. The molecule has 40 heavy (non-hydrogen) atoms. The fourth-order valence-electron chi connectivity index (χ4n) is 4.24. The number of hydrogen-bond donors (Lipinski definition) is 1. The average Bonchev–Trinajstić information content (AvgIpc) is 2.95. The van der Waals surface area contributed by atoms with Crippen LogP contribution in [0.2, 0.25) is 0 Å². The molecule has 0 aliphatic carbocycles. The number of oxime groups is 1. The molecule has 1 amide bonds. The lowest BCUT2D eigenvalue weighted by molar-refractivity contribution is -0.137. The summed E-state index contributed by atoms with van der Waals surface area (Å²) in [6.07, 6.45) is -2.51. The zero-order chi connectivity index (χ0) is 28.4. The molecular formula is C28H32F3N3O5S. The molecule has 2 saturated heterocycles. The molecule has 0 radical (unpaired) electrons. The molecule has 2 aromatic carbocycles. The van der Waals surface area contributed by atoms with Crippen LogP contribution in [0.15, 0.2) is 53.7 Å². The Balaban J connectivity index is 1.34. The van der Waals surface area contributed by atoms with Crippen molar-refractivity contribution in [3.05, 3.63) is 65.2 Å². The molecule has 12 heteroatoms. The highest BCUT2D eigenvalue weighted by Crippen LogP contribution is 2.29. The molecule has 0 spiro atoms. The molecule has 1 N–H and O–H groups in total. The third-order valence-electron chi connectivity index (χ3n) is 6.57. The number of carbonyl (C=O) groups excluding carboxylic acids is 1. The molecule has 2 aliphatic rings. The molecule has 0 atom stereocenters. The first-order chi connectivity index (χ1) is 19.3. The van der Waals surface area contributed by atoms with Gasteiger partial charge in [0, 0.05) is 38.4 Å². The van der Waals surface area contributed by atoms with Crippen LogP contribution >= 0.6 is 12.2 Å². The van der Waals surface area contributed by atoms with Crippen molar-refractivity contribution in [1.29, 1.82) is 0 Å². The number of hydrogen-bond acceptors (Lipinski definition) is 8. The fraction of sp³-hybridized carbons (Fsp3) is 0.464. The SMILES string of the molecule is O=C(COc1ccc(/C(CN2CCOC(=S)C2)=N/OCc2ccc(C(F)(F)F)cc2)cc1)NCC1CCOCC1. The van der Waals surface area contributed by atoms with Gasteiger partial charge in [0.05, 0.1) is 12.1 Å². The summed E-state index contributed by atoms with van der Waals surface area (Å²) in [5.41, 5.74) is 1.21. The fourth-order valence-corrected chi connectivity index (χ4v) is 4.51. The topological polar surface area (TPSA) is 81.6 Å². The Morgan fingerprint density at radius 3 is 2.48 bits per heavy atom. The van der Waals surface area contributed by atoms with Crippen molar-refractivity contribution in [2.45, 2.75) is 25.6 Å². The maximum absolute atomic E-state index is 12.8. The molecule has 4 rings (SSSR count). The first-order valence-corrected chi connectivity index (χ1v) is 13.5. The lowest BCUT2D eigenvalue weighted by Crippen LogP contribution is -2.42. The second-order valence-corrected chi connectivity index (χ2v) is 10.1. The highest BCUT2D eigenvalue weighted by Gasteiger charge is 2.30. The first-order valence-electron chi connectivity index (χ1n) is 13.1. The standard InChI is InChI=1S/C28H32F3N3O5S/c29-28(30,31)23-5-1-21(2-6-23)18-39-33-25(16-34-11-14-37-27(40)17-34)22-3-7-24(8-4-22)38-19-26(35)32-15-20-9-12-36-13-10-20/h1-8,20H,9-19H2,(H,32,35)/b33-25+. The number of amides is 1. The molecule has 0 unspecified atom stereocenters. The van der Waals surface area contributed by atoms with E-state index < -0.39 is 11.7 Å². The van der Waals surface area contributed by atoms with Crippen molar-refractivity contribution in [2.75, 3.05) is 52.6 Å². The van der Waals surface area contributed by atoms with Gasteiger partial charge in [0.2, 0.25) is 0 Å². The van der Waals surface area contributed by atoms with Crippen molar-refractivity contribution < 1.29 is 37.0 Å². The summed E-state index contributed by atoms with van der Waals surface area (Å²) in [4.78, 5) is 19.8. The number of benzene rings is 2. The molecule has 2 heterocycles. The Morgan fingerprint density at radius 2 is 1.80 bits per heavy atom. The summed E-state index contributed by atoms with van der Waals surface area (Å²) in [5, 5.41) is 7.71. The van der Waals surface area contributed by atoms with Crippen LogP contribution in [0.4, 0.5) is 13.2 Å². The number of nitrogens with zero attached hydrogens (tertiary/aromatic N) is 2. The molecule has 2 aliphatic heterocycles. The number of rotatable bonds is 11. The van der Waals surface area contributed by atoms with E-state index in [0.717, 1.165) is 43.8 Å². The number of thiocarbonyl (C=S) groups is 1. The Hall–Kier alpha value is -3.22. The number of halogens is 3. The maximum Gasteiger partial charge on any atom is 0.416 e. The molecule has 2 fully saturated rings. The summed E-state index contributed by atoms with van der Waals surface area (Å²) in [7, 11) is 0. The van der Waals surface area contributed by atoms with Gasteiger partial charge in [-0.05, 0) is 72.9 Å². The van der Waals surface area contributed by atoms with Gasteiger partial charge in [-0.15, -0.1) is 0 Å². The van der Waals surface area contributed by atoms with Gasteiger partial charge in [0.1, 0.15) is 24.7 Å². The van der Waals surface area contributed by atoms with E-state index in [4.69, 9.17) is 31.3 Å². The minimum absolute atomic E-state index is 0.00729. The zero-order valence-corrected chi connectivity index (χ0v) is 22.8. The second kappa shape index (κ2) is 14.4. The first kappa shape index (κ1) is 29.8. The predicted molar refractivity (Wildman–Crippen MR) is 146 cm³/mol. The third-order valence-corrected chi connectivity index (χ3v) is 6.82. The Labute approximate surface area is 236 Å². The van der Waals surface area contributed by atoms with Gasteiger partial charge in [0.15, 0.2) is 11.7 Å². The lowest BCUT2D eigenvalue weighted by atomic mass is 10.0. The minimum Gasteiger partial charge on any atom is -0.484 e. The van der Waals surface area contributed by atoms with Gasteiger partial charge in [-0.3, -0.25) is 9.69 Å². The molecular weight excluding hydrogens is 547 g/mol. The van der Waals surface area contributed by atoms with Crippen LogP contribution < -0.4 is 10.1 Å². The number of nitrogens with one attached hydrogen (secondary N) is 1. The summed E-state index contributed by atoms with van der Waals surface area (Å²) in [5.74, 6) is 0.775. The summed E-state index contributed by atoms with van der Waals surface area (Å²) in [6.45, 7) is 4.01. The molecule has 0 aromatic heterocycles. The number of alkyl halides is 3. The minimum atomic E-state index is -4.39. The Kier molecular flexibility index (Phi) is 10.7. The molecule has 0 bridgehead atoms. The summed E-state index contributed by atoms with van der Waals surface area (Å²) >= 11 is 5.19. The third kappa shape index (κ3) is 9.46. The van der Waals surface area contributed by atoms with E-state index >= 15 is 0 Å². The van der Waals surface area contributed by atoms with E-state index in [1.165, 1.54) is 12.1 Å². The van der Waals surface area contributed by atoms with Crippen LogP contribution in [0.1, 0.15) is 29.5 Å². The Morgan fingerprint density at radius 1 is 1.07 bits per heavy atom. The number of ether oxygens (including phenoxy) is 3. The number of morpholine rings is 1. The quantitative estimate of drug-likeness (QED) is 0.243. The van der Waals surface area contributed by atoms with Crippen LogP contribution in [0.25, 0.3) is 0 Å². The van der Waals surface area contributed by atoms with Gasteiger partial charge >= 0.3 is 6.18 Å². The van der Waals surface area contributed by atoms with Crippen molar-refractivity contribution in [3.63, 3.8) is 0 Å². The molecule has 216 valence electrons. The van der Waals surface area contributed by atoms with Crippen LogP contribution in [0.3, 0.4) is 0 Å². The lowest BCUT2D eigenvalue weighted by Gasteiger charge is -2.27. The maximum atomic E-state index is 12.8. The van der Waals surface area contributed by atoms with Crippen molar-refractivity contribution in [3.8, 4) is 5.75 Å². The summed E-state index contributed by atoms with van der Waals surface area (Å²) < 4.78 is 54.8. The van der Waals surface area contributed by atoms with Crippen LogP contribution in [0.5, 0.6) is 5.75 Å².